The van der Waals surface area contributed by atoms with Crippen molar-refractivity contribution in [3.8, 4) is 0 Å². The molecule has 0 bridgehead atoms. The highest BCUT2D eigenvalue weighted by Gasteiger charge is 2.02. The number of nitrogens with one attached hydrogen (secondary N) is 2. The molecule has 0 aliphatic rings. The van der Waals surface area contributed by atoms with Crippen molar-refractivity contribution < 1.29 is 0 Å². The molecule has 6 heteroatoms. The number of rotatable bonds is 6. The maximum absolute atomic E-state index is 4.58. The molecule has 0 aliphatic carbocycles. The van der Waals surface area contributed by atoms with Crippen LogP contribution in [0.2, 0.25) is 0 Å². The molecule has 2 N–H and O–H groups in total. The van der Waals surface area contributed by atoms with E-state index in [1.165, 1.54) is 4.88 Å². The Hall–Kier alpha value is -0.370. The number of hydrogen-bond acceptors (Lipinski definition) is 3. The third-order valence-electron chi connectivity index (χ3n) is 2.58. The molecule has 19 heavy (non-hydrogen) atoms. The number of aromatic nitrogens is 1. The summed E-state index contributed by atoms with van der Waals surface area (Å²) in [6.07, 6.45) is 1.16. The average Bonchev–Trinajstić information content (AvgIpc) is 2.71. The number of hydrogen-bond donors (Lipinski definition) is 2. The molecule has 1 heterocycles. The van der Waals surface area contributed by atoms with Crippen LogP contribution >= 0.6 is 35.3 Å². The van der Waals surface area contributed by atoms with Gasteiger partial charge in [0.25, 0.3) is 0 Å². The molecule has 0 radical (unpaired) electrons. The van der Waals surface area contributed by atoms with E-state index in [9.17, 15) is 0 Å². The number of halogens is 1. The highest BCUT2D eigenvalue weighted by Crippen LogP contribution is 2.12. The topological polar surface area (TPSA) is 49.3 Å². The van der Waals surface area contributed by atoms with E-state index in [2.05, 4.69) is 41.4 Å². The summed E-state index contributed by atoms with van der Waals surface area (Å²) in [5.41, 5.74) is 2.96. The summed E-state index contributed by atoms with van der Waals surface area (Å²) in [6, 6.07) is 0. The Kier molecular flexibility index (Phi) is 10.2. The molecule has 1 rings (SSSR count). The molecule has 1 aromatic heterocycles. The van der Waals surface area contributed by atoms with E-state index >= 15 is 0 Å². The van der Waals surface area contributed by atoms with Crippen LogP contribution in [0, 0.1) is 12.8 Å². The van der Waals surface area contributed by atoms with Crippen LogP contribution in [0.5, 0.6) is 0 Å². The second-order valence-corrected chi connectivity index (χ2v) is 5.60. The van der Waals surface area contributed by atoms with Crippen molar-refractivity contribution in [1.82, 2.24) is 15.6 Å². The van der Waals surface area contributed by atoms with Crippen LogP contribution < -0.4 is 10.6 Å². The van der Waals surface area contributed by atoms with Crippen molar-refractivity contribution in [2.24, 2.45) is 10.9 Å². The molecule has 0 aromatic carbocycles. The maximum Gasteiger partial charge on any atom is 0.191 e. The molecule has 0 fully saturated rings. The van der Waals surface area contributed by atoms with Crippen molar-refractivity contribution in [3.63, 3.8) is 0 Å². The zero-order valence-electron chi connectivity index (χ0n) is 12.2. The highest BCUT2D eigenvalue weighted by molar-refractivity contribution is 14.0. The van der Waals surface area contributed by atoms with Gasteiger partial charge in [-0.3, -0.25) is 0 Å². The van der Waals surface area contributed by atoms with Gasteiger partial charge in [-0.2, -0.15) is 0 Å². The van der Waals surface area contributed by atoms with Crippen LogP contribution in [0.15, 0.2) is 10.5 Å². The Morgan fingerprint density at radius 3 is 2.68 bits per heavy atom. The van der Waals surface area contributed by atoms with Crippen LogP contribution in [0.1, 0.15) is 37.8 Å². The van der Waals surface area contributed by atoms with Crippen molar-refractivity contribution in [3.05, 3.63) is 16.1 Å². The quantitative estimate of drug-likeness (QED) is 0.441. The fourth-order valence-corrected chi connectivity index (χ4v) is 2.15. The van der Waals surface area contributed by atoms with E-state index in [1.807, 2.05) is 12.4 Å². The molecule has 1 aromatic rings. The molecule has 0 spiro atoms. The highest BCUT2D eigenvalue weighted by atomic mass is 127. The van der Waals surface area contributed by atoms with Crippen LogP contribution in [0.25, 0.3) is 0 Å². The SMILES string of the molecule is CCNC(=NCc1scnc1C)NCCC(C)C.I. The number of thiazole rings is 1. The molecule has 110 valence electrons. The van der Waals surface area contributed by atoms with Gasteiger partial charge in [-0.1, -0.05) is 13.8 Å². The van der Waals surface area contributed by atoms with Gasteiger partial charge in [0.2, 0.25) is 0 Å². The van der Waals surface area contributed by atoms with Gasteiger partial charge >= 0.3 is 0 Å². The van der Waals surface area contributed by atoms with Crippen molar-refractivity contribution >= 4 is 41.3 Å². The van der Waals surface area contributed by atoms with Crippen LogP contribution in [0.4, 0.5) is 0 Å². The fraction of sp³-hybridized carbons (Fsp3) is 0.692. The smallest absolute Gasteiger partial charge is 0.191 e. The second kappa shape index (κ2) is 10.4. The van der Waals surface area contributed by atoms with Crippen molar-refractivity contribution in [2.45, 2.75) is 40.7 Å². The first-order chi connectivity index (χ1) is 8.63. The van der Waals surface area contributed by atoms with Crippen LogP contribution in [-0.2, 0) is 6.54 Å². The third kappa shape index (κ3) is 7.71. The van der Waals surface area contributed by atoms with Gasteiger partial charge in [-0.05, 0) is 26.2 Å². The lowest BCUT2D eigenvalue weighted by atomic mass is 10.1. The predicted molar refractivity (Wildman–Crippen MR) is 94.5 cm³/mol. The Bertz CT molecular complexity index is 376. The molecule has 0 amide bonds. The van der Waals surface area contributed by atoms with E-state index in [-0.39, 0.29) is 24.0 Å². The molecular formula is C13H25IN4S. The first kappa shape index (κ1) is 18.6. The summed E-state index contributed by atoms with van der Waals surface area (Å²) >= 11 is 1.66. The van der Waals surface area contributed by atoms with Gasteiger partial charge in [0, 0.05) is 18.0 Å². The summed E-state index contributed by atoms with van der Waals surface area (Å²) in [7, 11) is 0. The molecule has 0 saturated carbocycles. The first-order valence-electron chi connectivity index (χ1n) is 6.54. The van der Waals surface area contributed by atoms with Crippen LogP contribution in [-0.4, -0.2) is 24.0 Å². The number of aliphatic imine (C=N–C) groups is 1. The van der Waals surface area contributed by atoms with E-state index in [1.54, 1.807) is 11.3 Å². The molecule has 0 saturated heterocycles. The largest absolute Gasteiger partial charge is 0.357 e. The third-order valence-corrected chi connectivity index (χ3v) is 3.50. The minimum absolute atomic E-state index is 0. The molecule has 0 unspecified atom stereocenters. The van der Waals surface area contributed by atoms with Gasteiger partial charge in [0.15, 0.2) is 5.96 Å². The monoisotopic (exact) mass is 396 g/mol. The lowest BCUT2D eigenvalue weighted by Crippen LogP contribution is -2.38. The van der Waals surface area contributed by atoms with E-state index < -0.39 is 0 Å². The molecular weight excluding hydrogens is 371 g/mol. The minimum atomic E-state index is 0. The van der Waals surface area contributed by atoms with Gasteiger partial charge < -0.3 is 10.6 Å². The summed E-state index contributed by atoms with van der Waals surface area (Å²) < 4.78 is 0. The Labute approximate surface area is 137 Å². The average molecular weight is 396 g/mol. The van der Waals surface area contributed by atoms with Gasteiger partial charge in [0.05, 0.1) is 17.7 Å². The maximum atomic E-state index is 4.58. The summed E-state index contributed by atoms with van der Waals surface area (Å²) in [5.74, 6) is 1.61. The summed E-state index contributed by atoms with van der Waals surface area (Å²) in [5, 5.41) is 6.62. The Morgan fingerprint density at radius 2 is 2.16 bits per heavy atom. The lowest BCUT2D eigenvalue weighted by Gasteiger charge is -2.12. The number of guanidine groups is 1. The number of nitrogens with zero attached hydrogens (tertiary/aromatic N) is 2. The Morgan fingerprint density at radius 1 is 1.42 bits per heavy atom. The van der Waals surface area contributed by atoms with E-state index in [4.69, 9.17) is 0 Å². The second-order valence-electron chi connectivity index (χ2n) is 4.67. The van der Waals surface area contributed by atoms with Gasteiger partial charge in [-0.25, -0.2) is 9.98 Å². The zero-order valence-corrected chi connectivity index (χ0v) is 15.3. The predicted octanol–water partition coefficient (Wildman–Crippen LogP) is 3.17. The minimum Gasteiger partial charge on any atom is -0.357 e. The van der Waals surface area contributed by atoms with Crippen molar-refractivity contribution in [2.75, 3.05) is 13.1 Å². The normalized spacial score (nSPS) is 11.3. The number of aryl methyl sites for hydroxylation is 1. The van der Waals surface area contributed by atoms with Crippen LogP contribution in [0.3, 0.4) is 0 Å². The molecule has 0 aliphatic heterocycles. The summed E-state index contributed by atoms with van der Waals surface area (Å²) in [4.78, 5) is 10.0. The first-order valence-corrected chi connectivity index (χ1v) is 7.42. The fourth-order valence-electron chi connectivity index (χ4n) is 1.45. The zero-order chi connectivity index (χ0) is 13.4. The standard InChI is InChI=1S/C13H24N4S.HI/c1-5-14-13(15-7-6-10(2)3)16-8-12-11(4)17-9-18-12;/h9-10H,5-8H2,1-4H3,(H2,14,15,16);1H. The van der Waals surface area contributed by atoms with Crippen molar-refractivity contribution in [1.29, 1.82) is 0 Å². The lowest BCUT2D eigenvalue weighted by molar-refractivity contribution is 0.573. The Balaban J connectivity index is 0.00000324. The molecule has 0 atom stereocenters. The summed E-state index contributed by atoms with van der Waals surface area (Å²) in [6.45, 7) is 11.1. The van der Waals surface area contributed by atoms with Gasteiger partial charge in [0.1, 0.15) is 0 Å². The van der Waals surface area contributed by atoms with E-state index in [0.717, 1.165) is 31.2 Å². The van der Waals surface area contributed by atoms with E-state index in [0.29, 0.717) is 12.5 Å². The molecule has 4 nitrogen and oxygen atoms in total. The van der Waals surface area contributed by atoms with Gasteiger partial charge in [-0.15, -0.1) is 35.3 Å².